The Balaban J connectivity index is 1.59. The molecule has 180 valence electrons. The van der Waals surface area contributed by atoms with Crippen LogP contribution in [0.25, 0.3) is 0 Å². The Labute approximate surface area is 209 Å². The maximum absolute atomic E-state index is 14.5. The van der Waals surface area contributed by atoms with Crippen LogP contribution in [0.4, 0.5) is 11.4 Å². The van der Waals surface area contributed by atoms with Crippen LogP contribution in [0.1, 0.15) is 45.5 Å². The molecule has 7 rings (SSSR count). The van der Waals surface area contributed by atoms with Crippen LogP contribution in [0.3, 0.4) is 0 Å². The molecule has 0 aromatic heterocycles. The quantitative estimate of drug-likeness (QED) is 0.539. The van der Waals surface area contributed by atoms with Gasteiger partial charge in [0.1, 0.15) is 11.0 Å². The van der Waals surface area contributed by atoms with Crippen LogP contribution in [-0.4, -0.2) is 35.1 Å². The number of anilines is 2. The molecule has 0 unspecified atom stereocenters. The molecular formula is C30H27N3O3. The highest BCUT2D eigenvalue weighted by molar-refractivity contribution is 6.21. The summed E-state index contributed by atoms with van der Waals surface area (Å²) in [6.45, 7) is 4.61. The van der Waals surface area contributed by atoms with Crippen LogP contribution in [0, 0.1) is 19.8 Å². The topological polar surface area (TPSA) is 78.5 Å². The number of hydrogen-bond donors (Lipinski definition) is 2. The molecule has 2 spiro atoms. The van der Waals surface area contributed by atoms with Gasteiger partial charge in [-0.1, -0.05) is 66.2 Å². The number of hydrogen-bond acceptors (Lipinski definition) is 4. The number of Topliss-reactive ketones (excluding diaryl/α,β-unsaturated/α-hetero) is 1. The molecule has 36 heavy (non-hydrogen) atoms. The van der Waals surface area contributed by atoms with Crippen molar-refractivity contribution in [3.63, 3.8) is 0 Å². The fourth-order valence-electron chi connectivity index (χ4n) is 7.65. The minimum atomic E-state index is -1.39. The number of carbonyl (C=O) groups is 3. The van der Waals surface area contributed by atoms with Crippen molar-refractivity contribution in [2.24, 2.45) is 5.92 Å². The van der Waals surface area contributed by atoms with Crippen LogP contribution in [0.2, 0.25) is 0 Å². The van der Waals surface area contributed by atoms with E-state index in [0.717, 1.165) is 40.8 Å². The molecule has 6 nitrogen and oxygen atoms in total. The normalized spacial score (nSPS) is 29.8. The van der Waals surface area contributed by atoms with Crippen LogP contribution >= 0.6 is 0 Å². The number of amides is 2. The van der Waals surface area contributed by atoms with Gasteiger partial charge in [0.15, 0.2) is 5.78 Å². The Morgan fingerprint density at radius 2 is 1.64 bits per heavy atom. The van der Waals surface area contributed by atoms with Gasteiger partial charge in [0.05, 0.1) is 5.92 Å². The van der Waals surface area contributed by atoms with Crippen molar-refractivity contribution in [2.75, 3.05) is 17.2 Å². The standard InChI is InChI=1S/C30H27N3O3/c1-17-12-14-19(15-13-17)26(34)24-23-11-6-16-33(23)30(21-9-5-7-18(2)25(21)32-28(30)36)29(24)20-8-3-4-10-22(20)31-27(29)35/h3-5,7-10,12-15,23-24H,6,11,16H2,1-2H3,(H,31,35)(H,32,36)/t23-,24-,29+,30-/m1/s1. The van der Waals surface area contributed by atoms with E-state index in [1.807, 2.05) is 80.6 Å². The number of carbonyl (C=O) groups excluding carboxylic acids is 3. The van der Waals surface area contributed by atoms with Crippen molar-refractivity contribution in [3.05, 3.63) is 94.5 Å². The number of para-hydroxylation sites is 2. The van der Waals surface area contributed by atoms with E-state index in [9.17, 15) is 14.4 Å². The van der Waals surface area contributed by atoms with Gasteiger partial charge in [0.2, 0.25) is 5.91 Å². The minimum Gasteiger partial charge on any atom is -0.325 e. The van der Waals surface area contributed by atoms with Gasteiger partial charge in [-0.2, -0.15) is 0 Å². The first-order valence-electron chi connectivity index (χ1n) is 12.6. The number of nitrogens with zero attached hydrogens (tertiary/aromatic N) is 1. The molecule has 4 aliphatic heterocycles. The second kappa shape index (κ2) is 7.14. The number of benzene rings is 3. The van der Waals surface area contributed by atoms with Crippen molar-refractivity contribution >= 4 is 29.0 Å². The molecule has 2 amide bonds. The first-order chi connectivity index (χ1) is 17.4. The third-order valence-electron chi connectivity index (χ3n) is 8.96. The number of aryl methyl sites for hydroxylation is 2. The molecule has 0 radical (unpaired) electrons. The Morgan fingerprint density at radius 1 is 0.889 bits per heavy atom. The summed E-state index contributed by atoms with van der Waals surface area (Å²) in [5.41, 5.74) is 2.86. The molecule has 0 aliphatic carbocycles. The van der Waals surface area contributed by atoms with Crippen LogP contribution in [0.5, 0.6) is 0 Å². The lowest BCUT2D eigenvalue weighted by Gasteiger charge is -2.43. The predicted molar refractivity (Wildman–Crippen MR) is 137 cm³/mol. The van der Waals surface area contributed by atoms with E-state index in [0.29, 0.717) is 17.8 Å². The fourth-order valence-corrected chi connectivity index (χ4v) is 7.65. The van der Waals surface area contributed by atoms with Crippen molar-refractivity contribution in [2.45, 2.75) is 43.7 Å². The number of ketones is 1. The molecule has 2 saturated heterocycles. The summed E-state index contributed by atoms with van der Waals surface area (Å²) >= 11 is 0. The Kier molecular flexibility index (Phi) is 4.26. The van der Waals surface area contributed by atoms with E-state index < -0.39 is 16.9 Å². The third-order valence-corrected chi connectivity index (χ3v) is 8.96. The van der Waals surface area contributed by atoms with Gasteiger partial charge in [-0.05, 0) is 50.4 Å². The largest absolute Gasteiger partial charge is 0.325 e. The molecule has 2 N–H and O–H groups in total. The van der Waals surface area contributed by atoms with Gasteiger partial charge in [0, 0.05) is 28.5 Å². The monoisotopic (exact) mass is 477 g/mol. The first-order valence-corrected chi connectivity index (χ1v) is 12.6. The zero-order valence-corrected chi connectivity index (χ0v) is 20.3. The summed E-state index contributed by atoms with van der Waals surface area (Å²) in [6, 6.07) is 20.8. The van der Waals surface area contributed by atoms with Gasteiger partial charge in [0.25, 0.3) is 5.91 Å². The van der Waals surface area contributed by atoms with Crippen molar-refractivity contribution in [1.82, 2.24) is 4.90 Å². The number of rotatable bonds is 2. The Bertz CT molecular complexity index is 1480. The molecule has 6 heteroatoms. The lowest BCUT2D eigenvalue weighted by molar-refractivity contribution is -0.137. The highest BCUT2D eigenvalue weighted by Crippen LogP contribution is 2.68. The van der Waals surface area contributed by atoms with Crippen molar-refractivity contribution in [1.29, 1.82) is 0 Å². The summed E-state index contributed by atoms with van der Waals surface area (Å²) < 4.78 is 0. The van der Waals surface area contributed by atoms with Gasteiger partial charge in [-0.15, -0.1) is 0 Å². The lowest BCUT2D eigenvalue weighted by Crippen LogP contribution is -2.62. The van der Waals surface area contributed by atoms with E-state index in [2.05, 4.69) is 15.5 Å². The number of fused-ring (bicyclic) bond motifs is 7. The maximum Gasteiger partial charge on any atom is 0.251 e. The maximum atomic E-state index is 14.5. The van der Waals surface area contributed by atoms with Crippen molar-refractivity contribution in [3.8, 4) is 0 Å². The van der Waals surface area contributed by atoms with Crippen LogP contribution < -0.4 is 10.6 Å². The molecule has 0 bridgehead atoms. The molecule has 3 aromatic rings. The highest BCUT2D eigenvalue weighted by Gasteiger charge is 2.81. The molecule has 4 atom stereocenters. The van der Waals surface area contributed by atoms with Crippen LogP contribution in [-0.2, 0) is 20.5 Å². The molecule has 2 fully saturated rings. The van der Waals surface area contributed by atoms with Crippen LogP contribution in [0.15, 0.2) is 66.7 Å². The van der Waals surface area contributed by atoms with E-state index >= 15 is 0 Å². The zero-order chi connectivity index (χ0) is 24.8. The smallest absolute Gasteiger partial charge is 0.251 e. The van der Waals surface area contributed by atoms with Crippen molar-refractivity contribution < 1.29 is 14.4 Å². The van der Waals surface area contributed by atoms with E-state index in [1.54, 1.807) is 0 Å². The minimum absolute atomic E-state index is 0.0791. The molecule has 3 aromatic carbocycles. The Hall–Kier alpha value is -3.77. The third kappa shape index (κ3) is 2.29. The molecule has 0 saturated carbocycles. The average Bonchev–Trinajstić information content (AvgIpc) is 3.59. The zero-order valence-electron chi connectivity index (χ0n) is 20.3. The van der Waals surface area contributed by atoms with E-state index in [1.165, 1.54) is 0 Å². The molecule has 4 heterocycles. The average molecular weight is 478 g/mol. The predicted octanol–water partition coefficient (Wildman–Crippen LogP) is 4.32. The Morgan fingerprint density at radius 3 is 2.44 bits per heavy atom. The summed E-state index contributed by atoms with van der Waals surface area (Å²) in [4.78, 5) is 45.5. The summed E-state index contributed by atoms with van der Waals surface area (Å²) in [5, 5.41) is 6.23. The van der Waals surface area contributed by atoms with Gasteiger partial charge in [-0.3, -0.25) is 19.3 Å². The molecular weight excluding hydrogens is 450 g/mol. The summed E-state index contributed by atoms with van der Waals surface area (Å²) in [7, 11) is 0. The fraction of sp³-hybridized carbons (Fsp3) is 0.300. The second-order valence-electron chi connectivity index (χ2n) is 10.6. The molecule has 4 aliphatic rings. The number of nitrogens with one attached hydrogen (secondary N) is 2. The van der Waals surface area contributed by atoms with Gasteiger partial charge in [-0.25, -0.2) is 0 Å². The first kappa shape index (κ1) is 21.5. The van der Waals surface area contributed by atoms with E-state index in [-0.39, 0.29) is 23.6 Å². The van der Waals surface area contributed by atoms with Gasteiger partial charge < -0.3 is 10.6 Å². The summed E-state index contributed by atoms with van der Waals surface area (Å²) in [6.07, 6.45) is 1.63. The second-order valence-corrected chi connectivity index (χ2v) is 10.6. The van der Waals surface area contributed by atoms with E-state index in [4.69, 9.17) is 0 Å². The SMILES string of the molecule is Cc1ccc(C(=O)[C@H]2[C@H]3CCCN3[C@]3(C(=O)Nc4c(C)cccc43)[C@]23C(=O)Nc2ccccc23)cc1. The highest BCUT2D eigenvalue weighted by atomic mass is 16.2. The van der Waals surface area contributed by atoms with Gasteiger partial charge >= 0.3 is 0 Å². The lowest BCUT2D eigenvalue weighted by atomic mass is 9.57. The summed E-state index contributed by atoms with van der Waals surface area (Å²) in [5.74, 6) is -1.27.